The third kappa shape index (κ3) is 3.93. The molecule has 31 heavy (non-hydrogen) atoms. The normalized spacial score (nSPS) is 26.4. The number of aryl methyl sites for hydroxylation is 1. The summed E-state index contributed by atoms with van der Waals surface area (Å²) < 4.78 is 27.0. The van der Waals surface area contributed by atoms with Crippen LogP contribution in [0, 0.1) is 12.7 Å². The summed E-state index contributed by atoms with van der Waals surface area (Å²) in [4.78, 5) is 1.13. The number of aliphatic hydroxyl groups is 4. The highest BCUT2D eigenvalue weighted by Crippen LogP contribution is 2.41. The van der Waals surface area contributed by atoms with Crippen LogP contribution in [-0.2, 0) is 4.74 Å². The van der Waals surface area contributed by atoms with Gasteiger partial charge in [-0.15, -0.1) is 0 Å². The van der Waals surface area contributed by atoms with Gasteiger partial charge in [0, 0.05) is 27.4 Å². The van der Waals surface area contributed by atoms with Crippen molar-refractivity contribution in [1.82, 2.24) is 4.57 Å². The summed E-state index contributed by atoms with van der Waals surface area (Å²) in [5, 5.41) is 41.3. The maximum atomic E-state index is 14.6. The molecular formula is C22H24FNO6S. The van der Waals surface area contributed by atoms with Crippen molar-refractivity contribution in [2.45, 2.75) is 47.4 Å². The predicted molar refractivity (Wildman–Crippen MR) is 113 cm³/mol. The minimum absolute atomic E-state index is 0.400. The third-order valence-electron chi connectivity index (χ3n) is 5.53. The average molecular weight is 450 g/mol. The van der Waals surface area contributed by atoms with Gasteiger partial charge in [0.15, 0.2) is 6.23 Å². The second-order valence-corrected chi connectivity index (χ2v) is 8.57. The minimum atomic E-state index is -1.49. The monoisotopic (exact) mass is 449 g/mol. The molecule has 0 spiro atoms. The smallest absolute Gasteiger partial charge is 0.163 e. The summed E-state index contributed by atoms with van der Waals surface area (Å²) in [5.41, 5.74) is 1.65. The van der Waals surface area contributed by atoms with Gasteiger partial charge in [0.05, 0.1) is 19.2 Å². The van der Waals surface area contributed by atoms with E-state index in [1.165, 1.54) is 24.9 Å². The molecule has 1 aliphatic heterocycles. The molecule has 4 rings (SSSR count). The van der Waals surface area contributed by atoms with E-state index < -0.39 is 43.1 Å². The van der Waals surface area contributed by atoms with E-state index in [-0.39, 0.29) is 0 Å². The number of rotatable bonds is 5. The lowest BCUT2D eigenvalue weighted by Gasteiger charge is -2.40. The Bertz CT molecular complexity index is 1090. The lowest BCUT2D eigenvalue weighted by molar-refractivity contribution is -0.250. The first-order valence-electron chi connectivity index (χ1n) is 9.77. The first kappa shape index (κ1) is 22.1. The van der Waals surface area contributed by atoms with E-state index in [0.717, 1.165) is 15.8 Å². The van der Waals surface area contributed by atoms with Crippen LogP contribution in [-0.4, -0.2) is 63.1 Å². The molecule has 4 N–H and O–H groups in total. The van der Waals surface area contributed by atoms with Gasteiger partial charge in [-0.25, -0.2) is 4.39 Å². The van der Waals surface area contributed by atoms with Gasteiger partial charge in [0.2, 0.25) is 0 Å². The van der Waals surface area contributed by atoms with E-state index in [1.807, 2.05) is 25.1 Å². The van der Waals surface area contributed by atoms with E-state index in [2.05, 4.69) is 0 Å². The number of ether oxygens (including phenoxy) is 2. The quantitative estimate of drug-likeness (QED) is 0.474. The zero-order chi connectivity index (χ0) is 22.3. The number of methoxy groups -OCH3 is 1. The molecule has 0 unspecified atom stereocenters. The molecule has 2 aromatic carbocycles. The Kier molecular flexibility index (Phi) is 6.25. The molecular weight excluding hydrogens is 425 g/mol. The summed E-state index contributed by atoms with van der Waals surface area (Å²) in [6.45, 7) is 1.41. The molecule has 1 aliphatic rings. The Balaban J connectivity index is 1.79. The minimum Gasteiger partial charge on any atom is -0.497 e. The number of hydrogen-bond acceptors (Lipinski definition) is 7. The van der Waals surface area contributed by atoms with Crippen molar-refractivity contribution in [2.24, 2.45) is 0 Å². The molecule has 2 heterocycles. The van der Waals surface area contributed by atoms with Crippen LogP contribution in [0.2, 0.25) is 0 Å². The Labute approximate surface area is 182 Å². The Morgan fingerprint density at radius 3 is 2.55 bits per heavy atom. The molecule has 0 bridgehead atoms. The van der Waals surface area contributed by atoms with Crippen molar-refractivity contribution in [2.75, 3.05) is 13.7 Å². The van der Waals surface area contributed by atoms with Crippen LogP contribution < -0.4 is 4.74 Å². The molecule has 0 aliphatic carbocycles. The molecule has 0 amide bonds. The molecule has 166 valence electrons. The van der Waals surface area contributed by atoms with Crippen molar-refractivity contribution < 1.29 is 34.3 Å². The second-order valence-electron chi connectivity index (χ2n) is 7.49. The zero-order valence-electron chi connectivity index (χ0n) is 17.0. The summed E-state index contributed by atoms with van der Waals surface area (Å²) in [6.07, 6.45) is -4.71. The molecule has 9 heteroatoms. The van der Waals surface area contributed by atoms with Crippen molar-refractivity contribution in [3.8, 4) is 5.75 Å². The lowest BCUT2D eigenvalue weighted by Crippen LogP contribution is -2.56. The first-order valence-corrected chi connectivity index (χ1v) is 10.6. The number of aromatic nitrogens is 1. The lowest BCUT2D eigenvalue weighted by atomic mass is 9.98. The van der Waals surface area contributed by atoms with E-state index in [4.69, 9.17) is 9.47 Å². The van der Waals surface area contributed by atoms with Crippen molar-refractivity contribution in [3.63, 3.8) is 0 Å². The van der Waals surface area contributed by atoms with Gasteiger partial charge in [-0.2, -0.15) is 0 Å². The number of fused-ring (bicyclic) bond motifs is 1. The van der Waals surface area contributed by atoms with Crippen LogP contribution in [0.3, 0.4) is 0 Å². The summed E-state index contributed by atoms with van der Waals surface area (Å²) in [6, 6.07) is 10.2. The van der Waals surface area contributed by atoms with E-state index in [0.29, 0.717) is 16.2 Å². The number of benzene rings is 2. The molecule has 1 saturated heterocycles. The Morgan fingerprint density at radius 2 is 1.87 bits per heavy atom. The van der Waals surface area contributed by atoms with Crippen LogP contribution in [0.15, 0.2) is 52.4 Å². The van der Waals surface area contributed by atoms with Crippen LogP contribution in [0.5, 0.6) is 5.75 Å². The van der Waals surface area contributed by atoms with E-state index in [9.17, 15) is 24.8 Å². The summed E-state index contributed by atoms with van der Waals surface area (Å²) in [7, 11) is 1.47. The van der Waals surface area contributed by atoms with Gasteiger partial charge in [0.25, 0.3) is 0 Å². The summed E-state index contributed by atoms with van der Waals surface area (Å²) in [5.74, 6) is -0.00606. The Morgan fingerprint density at radius 1 is 1.10 bits per heavy atom. The molecule has 5 atom stereocenters. The number of hydrogen-bond donors (Lipinski definition) is 4. The van der Waals surface area contributed by atoms with Gasteiger partial charge in [-0.3, -0.25) is 0 Å². The number of nitrogens with zero attached hydrogens (tertiary/aromatic N) is 1. The van der Waals surface area contributed by atoms with Gasteiger partial charge in [-0.05, 0) is 30.7 Å². The second kappa shape index (κ2) is 8.78. The van der Waals surface area contributed by atoms with Gasteiger partial charge >= 0.3 is 0 Å². The first-order chi connectivity index (χ1) is 14.8. The number of aliphatic hydroxyl groups excluding tert-OH is 4. The highest BCUT2D eigenvalue weighted by atomic mass is 32.2. The van der Waals surface area contributed by atoms with Crippen LogP contribution in [0.4, 0.5) is 4.39 Å². The SMILES string of the molecule is COc1ccc(Sc2cn([C@@H]3O[C@H](CO)[C@@H](O)[C@H](O)[C@H]3O)c3cccc(C)c23)c(F)c1. The largest absolute Gasteiger partial charge is 0.497 e. The van der Waals surface area contributed by atoms with Crippen molar-refractivity contribution in [3.05, 3.63) is 54.0 Å². The third-order valence-corrected chi connectivity index (χ3v) is 6.61. The molecule has 1 aromatic heterocycles. The predicted octanol–water partition coefficient (Wildman–Crippen LogP) is 2.22. The topological polar surface area (TPSA) is 104 Å². The maximum Gasteiger partial charge on any atom is 0.163 e. The molecule has 0 radical (unpaired) electrons. The van der Waals surface area contributed by atoms with Crippen LogP contribution >= 0.6 is 11.8 Å². The van der Waals surface area contributed by atoms with Crippen molar-refractivity contribution in [1.29, 1.82) is 0 Å². The molecule has 1 fully saturated rings. The average Bonchev–Trinajstić information content (AvgIpc) is 3.13. The van der Waals surface area contributed by atoms with Gasteiger partial charge in [0.1, 0.15) is 36.0 Å². The van der Waals surface area contributed by atoms with Crippen LogP contribution in [0.1, 0.15) is 11.8 Å². The van der Waals surface area contributed by atoms with Gasteiger partial charge < -0.3 is 34.5 Å². The standard InChI is InChI=1S/C22H24FNO6S/c1-11-4-3-5-14-18(11)17(31-16-7-6-12(29-2)8-13(16)23)9-24(14)22-21(28)20(27)19(26)15(10-25)30-22/h3-9,15,19-22,25-28H,10H2,1-2H3/t15-,19-,20+,21-,22-/m1/s1. The molecule has 3 aromatic rings. The highest BCUT2D eigenvalue weighted by Gasteiger charge is 2.44. The van der Waals surface area contributed by atoms with E-state index in [1.54, 1.807) is 22.9 Å². The van der Waals surface area contributed by atoms with Crippen molar-refractivity contribution >= 4 is 22.7 Å². The fourth-order valence-corrected chi connectivity index (χ4v) is 4.92. The fourth-order valence-electron chi connectivity index (χ4n) is 3.86. The molecule has 7 nitrogen and oxygen atoms in total. The van der Waals surface area contributed by atoms with E-state index >= 15 is 0 Å². The summed E-state index contributed by atoms with van der Waals surface area (Å²) >= 11 is 1.22. The zero-order valence-corrected chi connectivity index (χ0v) is 17.8. The fraction of sp³-hybridized carbons (Fsp3) is 0.364. The highest BCUT2D eigenvalue weighted by molar-refractivity contribution is 7.99. The molecule has 0 saturated carbocycles. The van der Waals surface area contributed by atoms with Crippen LogP contribution in [0.25, 0.3) is 10.9 Å². The Hall–Kier alpha value is -2.14. The maximum absolute atomic E-state index is 14.6. The van der Waals surface area contributed by atoms with Gasteiger partial charge in [-0.1, -0.05) is 23.9 Å². The number of halogens is 1.